The molecule has 0 saturated carbocycles. The van der Waals surface area contributed by atoms with Crippen molar-refractivity contribution in [1.82, 2.24) is 34.2 Å². The highest BCUT2D eigenvalue weighted by atomic mass is 32.2. The van der Waals surface area contributed by atoms with E-state index < -0.39 is 39.5 Å². The Morgan fingerprint density at radius 3 is 2.41 bits per heavy atom. The smallest absolute Gasteiger partial charge is 0.274 e. The number of rotatable bonds is 13. The molecule has 4 atom stereocenters. The van der Waals surface area contributed by atoms with E-state index in [9.17, 15) is 27.2 Å². The summed E-state index contributed by atoms with van der Waals surface area (Å²) in [6, 6.07) is 13.5. The predicted molar refractivity (Wildman–Crippen MR) is 191 cm³/mol. The number of carbonyl (C=O) groups excluding carboxylic acids is 3. The van der Waals surface area contributed by atoms with Gasteiger partial charge in [-0.15, -0.1) is 0 Å². The van der Waals surface area contributed by atoms with E-state index >= 15 is 0 Å². The van der Waals surface area contributed by atoms with Crippen molar-refractivity contribution < 1.29 is 27.2 Å². The van der Waals surface area contributed by atoms with Crippen molar-refractivity contribution >= 4 is 33.5 Å². The molecule has 0 aliphatic carbocycles. The second kappa shape index (κ2) is 15.7. The van der Waals surface area contributed by atoms with Gasteiger partial charge >= 0.3 is 0 Å². The zero-order valence-corrected chi connectivity index (χ0v) is 30.4. The number of hydrogen-bond acceptors (Lipinski definition) is 7. The van der Waals surface area contributed by atoms with Crippen LogP contribution in [0.4, 0.5) is 4.39 Å². The molecule has 2 aromatic heterocycles. The van der Waals surface area contributed by atoms with Gasteiger partial charge in [0, 0.05) is 50.2 Å². The van der Waals surface area contributed by atoms with Gasteiger partial charge in [-0.25, -0.2) is 27.5 Å². The lowest BCUT2D eigenvalue weighted by molar-refractivity contribution is -0.141. The number of carbonyl (C=O) groups is 3. The first-order chi connectivity index (χ1) is 24.2. The van der Waals surface area contributed by atoms with Crippen LogP contribution in [0.1, 0.15) is 63.5 Å². The van der Waals surface area contributed by atoms with E-state index in [1.54, 1.807) is 76.1 Å². The summed E-state index contributed by atoms with van der Waals surface area (Å²) in [7, 11) is -3.94. The third kappa shape index (κ3) is 9.16. The average molecular weight is 720 g/mol. The molecular formula is C37H46FN7O5S. The van der Waals surface area contributed by atoms with Crippen molar-refractivity contribution in [2.24, 2.45) is 11.3 Å². The van der Waals surface area contributed by atoms with E-state index in [1.165, 1.54) is 24.3 Å². The van der Waals surface area contributed by atoms with Gasteiger partial charge in [0.1, 0.15) is 17.6 Å². The van der Waals surface area contributed by atoms with Crippen LogP contribution in [-0.4, -0.2) is 88.1 Å². The Kier molecular flexibility index (Phi) is 11.6. The number of likely N-dealkylation sites (tertiary alicyclic amines) is 1. The Labute approximate surface area is 298 Å². The molecule has 0 unspecified atom stereocenters. The molecular weight excluding hydrogens is 674 g/mol. The average Bonchev–Trinajstić information content (AvgIpc) is 3.72. The molecule has 1 fully saturated rings. The quantitative estimate of drug-likeness (QED) is 0.212. The summed E-state index contributed by atoms with van der Waals surface area (Å²) in [4.78, 5) is 53.8. The number of amides is 3. The number of sulfonamides is 1. The van der Waals surface area contributed by atoms with Gasteiger partial charge in [0.15, 0.2) is 0 Å². The number of nitrogens with zero attached hydrogens (tertiary/aromatic N) is 5. The summed E-state index contributed by atoms with van der Waals surface area (Å²) in [6.45, 7) is 9.57. The molecule has 2 aromatic carbocycles. The van der Waals surface area contributed by atoms with Gasteiger partial charge in [-0.2, -0.15) is 0 Å². The summed E-state index contributed by atoms with van der Waals surface area (Å²) in [5.74, 6) is -1.37. The molecule has 5 rings (SSSR count). The van der Waals surface area contributed by atoms with Gasteiger partial charge in [0.05, 0.1) is 10.9 Å². The Hall–Kier alpha value is -4.69. The van der Waals surface area contributed by atoms with Crippen molar-refractivity contribution in [3.05, 3.63) is 96.3 Å². The molecule has 0 spiro atoms. The Morgan fingerprint density at radius 1 is 1.06 bits per heavy atom. The largest absolute Gasteiger partial charge is 0.344 e. The van der Waals surface area contributed by atoms with Crippen molar-refractivity contribution in [2.45, 2.75) is 76.9 Å². The summed E-state index contributed by atoms with van der Waals surface area (Å²) in [5, 5.41) is 2.96. The van der Waals surface area contributed by atoms with Gasteiger partial charge in [-0.3, -0.25) is 18.8 Å². The van der Waals surface area contributed by atoms with E-state index in [4.69, 9.17) is 0 Å². The van der Waals surface area contributed by atoms with Crippen molar-refractivity contribution in [3.8, 4) is 0 Å². The van der Waals surface area contributed by atoms with Crippen LogP contribution in [0.3, 0.4) is 0 Å². The van der Waals surface area contributed by atoms with Crippen LogP contribution >= 0.6 is 0 Å². The highest BCUT2D eigenvalue weighted by molar-refractivity contribution is 7.89. The number of halogens is 1. The summed E-state index contributed by atoms with van der Waals surface area (Å²) >= 11 is 0. The van der Waals surface area contributed by atoms with E-state index in [1.807, 2.05) is 27.7 Å². The predicted octanol–water partition coefficient (Wildman–Crippen LogP) is 4.08. The van der Waals surface area contributed by atoms with Gasteiger partial charge in [-0.1, -0.05) is 65.0 Å². The molecule has 1 aliphatic rings. The Bertz CT molecular complexity index is 1910. The minimum Gasteiger partial charge on any atom is -0.344 e. The lowest BCUT2D eigenvalue weighted by atomic mass is 9.85. The molecule has 272 valence electrons. The molecule has 2 N–H and O–H groups in total. The number of nitrogens with one attached hydrogen (secondary N) is 2. The minimum absolute atomic E-state index is 0.0274. The fraction of sp³-hybridized carbons (Fsp3) is 0.432. The molecule has 3 heterocycles. The lowest BCUT2D eigenvalue weighted by Gasteiger charge is -2.37. The van der Waals surface area contributed by atoms with Crippen LogP contribution in [0, 0.1) is 17.2 Å². The lowest BCUT2D eigenvalue weighted by Crippen LogP contribution is -2.58. The molecule has 3 amide bonds. The normalized spacial score (nSPS) is 17.6. The minimum atomic E-state index is -3.94. The highest BCUT2D eigenvalue weighted by Gasteiger charge is 2.44. The molecule has 14 heteroatoms. The van der Waals surface area contributed by atoms with Gasteiger partial charge in [0.2, 0.25) is 27.6 Å². The Morgan fingerprint density at radius 2 is 1.76 bits per heavy atom. The van der Waals surface area contributed by atoms with Crippen LogP contribution in [-0.2, 0) is 26.0 Å². The van der Waals surface area contributed by atoms with Crippen molar-refractivity contribution in [3.63, 3.8) is 0 Å². The van der Waals surface area contributed by atoms with E-state index in [0.29, 0.717) is 18.6 Å². The van der Waals surface area contributed by atoms with Crippen LogP contribution in [0.25, 0.3) is 5.78 Å². The number of aromatic nitrogens is 3. The first-order valence-electron chi connectivity index (χ1n) is 17.2. The number of fused-ring (bicyclic) bond motifs is 1. The third-order valence-electron chi connectivity index (χ3n) is 9.29. The van der Waals surface area contributed by atoms with Crippen LogP contribution < -0.4 is 10.0 Å². The molecule has 0 bridgehead atoms. The highest BCUT2D eigenvalue weighted by Crippen LogP contribution is 2.28. The third-order valence-corrected chi connectivity index (χ3v) is 10.8. The first-order valence-corrected chi connectivity index (χ1v) is 18.7. The van der Waals surface area contributed by atoms with Gasteiger partial charge in [-0.05, 0) is 60.6 Å². The fourth-order valence-electron chi connectivity index (χ4n) is 6.16. The maximum absolute atomic E-state index is 14.6. The number of hydrogen-bond donors (Lipinski definition) is 2. The van der Waals surface area contributed by atoms with E-state index in [-0.39, 0.29) is 60.2 Å². The van der Waals surface area contributed by atoms with Crippen LogP contribution in [0.5, 0.6) is 0 Å². The summed E-state index contributed by atoms with van der Waals surface area (Å²) in [6.07, 6.45) is 6.09. The number of benzene rings is 2. The zero-order valence-electron chi connectivity index (χ0n) is 29.6. The molecule has 1 saturated heterocycles. The molecule has 4 aromatic rings. The second-order valence-electron chi connectivity index (χ2n) is 14.2. The topological polar surface area (TPSA) is 146 Å². The standard InChI is InChI=1S/C37H46FN7O5S/c1-6-25(2)33(46)41-32(37(3,4)5)35(48)45-22-28(42-51(49,50)30-11-8-7-9-12-30)21-29(45)23-43(20-17-26-13-15-27(38)16-14-26)34(47)31-24-44-19-10-18-39-36(44)40-31/h7-16,18-19,24-25,28-29,32,42H,6,17,20-23H2,1-5H3,(H,41,46)/t25-,28+,29+,32-/m1/s1. The van der Waals surface area contributed by atoms with Crippen molar-refractivity contribution in [1.29, 1.82) is 0 Å². The molecule has 12 nitrogen and oxygen atoms in total. The molecule has 1 aliphatic heterocycles. The van der Waals surface area contributed by atoms with E-state index in [0.717, 1.165) is 5.56 Å². The maximum Gasteiger partial charge on any atom is 0.274 e. The zero-order chi connectivity index (χ0) is 36.9. The first kappa shape index (κ1) is 37.6. The Balaban J connectivity index is 1.48. The van der Waals surface area contributed by atoms with Crippen molar-refractivity contribution in [2.75, 3.05) is 19.6 Å². The van der Waals surface area contributed by atoms with Crippen LogP contribution in [0.15, 0.2) is 84.1 Å². The molecule has 0 radical (unpaired) electrons. The molecule has 51 heavy (non-hydrogen) atoms. The fourth-order valence-corrected chi connectivity index (χ4v) is 7.42. The SMILES string of the molecule is CC[C@@H](C)C(=O)N[C@H](C(=O)N1C[C@@H](NS(=O)(=O)c2ccccc2)C[C@H]1CN(CCc1ccc(F)cc1)C(=O)c1cn2cccnc2n1)C(C)(C)C. The van der Waals surface area contributed by atoms with Gasteiger partial charge in [0.25, 0.3) is 5.91 Å². The number of imidazole rings is 1. The second-order valence-corrected chi connectivity index (χ2v) is 15.9. The van der Waals surface area contributed by atoms with E-state index in [2.05, 4.69) is 20.0 Å². The maximum atomic E-state index is 14.6. The monoisotopic (exact) mass is 719 g/mol. The van der Waals surface area contributed by atoms with Crippen LogP contribution in [0.2, 0.25) is 0 Å². The summed E-state index contributed by atoms with van der Waals surface area (Å²) < 4.78 is 44.9. The van der Waals surface area contributed by atoms with Gasteiger partial charge < -0.3 is 15.1 Å². The summed E-state index contributed by atoms with van der Waals surface area (Å²) in [5.41, 5.74) is 0.270.